The first-order valence-corrected chi connectivity index (χ1v) is 7.41. The quantitative estimate of drug-likeness (QED) is 0.757. The summed E-state index contributed by atoms with van der Waals surface area (Å²) >= 11 is 0. The van der Waals surface area contributed by atoms with Gasteiger partial charge in [0.15, 0.2) is 0 Å². The maximum Gasteiger partial charge on any atom is 0.303 e. The Balaban J connectivity index is 2.34. The van der Waals surface area contributed by atoms with Crippen molar-refractivity contribution in [2.24, 2.45) is 0 Å². The molecule has 0 spiro atoms. The molecule has 0 heterocycles. The second kappa shape index (κ2) is 7.81. The van der Waals surface area contributed by atoms with Crippen LogP contribution in [-0.4, -0.2) is 23.5 Å². The summed E-state index contributed by atoms with van der Waals surface area (Å²) in [5.41, 5.74) is 1.94. The summed E-state index contributed by atoms with van der Waals surface area (Å²) in [6.45, 7) is 7.00. The van der Waals surface area contributed by atoms with Crippen LogP contribution in [0.4, 0.5) is 0 Å². The van der Waals surface area contributed by atoms with E-state index in [0.29, 0.717) is 18.5 Å². The van der Waals surface area contributed by atoms with Crippen LogP contribution in [0.1, 0.15) is 62.4 Å². The number of carbonyl (C=O) groups excluding carboxylic acids is 1. The predicted molar refractivity (Wildman–Crippen MR) is 83.6 cm³/mol. The Morgan fingerprint density at radius 2 is 1.67 bits per heavy atom. The SMILES string of the molecule is CC(C)(C)c1ccc(C(=O)NCCCCCC(=O)O)cc1. The third kappa shape index (κ3) is 6.43. The lowest BCUT2D eigenvalue weighted by atomic mass is 9.87. The molecule has 0 aromatic heterocycles. The van der Waals surface area contributed by atoms with Gasteiger partial charge in [-0.1, -0.05) is 39.3 Å². The lowest BCUT2D eigenvalue weighted by molar-refractivity contribution is -0.137. The standard InChI is InChI=1S/C17H25NO3/c1-17(2,3)14-10-8-13(9-11-14)16(21)18-12-6-4-5-7-15(19)20/h8-11H,4-7,12H2,1-3H3,(H,18,21)(H,19,20). The largest absolute Gasteiger partial charge is 0.481 e. The molecule has 0 atom stereocenters. The van der Waals surface area contributed by atoms with E-state index < -0.39 is 5.97 Å². The molecule has 1 rings (SSSR count). The lowest BCUT2D eigenvalue weighted by Crippen LogP contribution is -2.24. The van der Waals surface area contributed by atoms with Crippen LogP contribution >= 0.6 is 0 Å². The van der Waals surface area contributed by atoms with Gasteiger partial charge >= 0.3 is 5.97 Å². The molecule has 4 nitrogen and oxygen atoms in total. The van der Waals surface area contributed by atoms with Crippen molar-refractivity contribution in [1.29, 1.82) is 0 Å². The Kier molecular flexibility index (Phi) is 6.40. The summed E-state index contributed by atoms with van der Waals surface area (Å²) in [6, 6.07) is 7.67. The van der Waals surface area contributed by atoms with E-state index in [4.69, 9.17) is 5.11 Å². The van der Waals surface area contributed by atoms with E-state index in [1.54, 1.807) is 0 Å². The molecule has 0 aliphatic rings. The van der Waals surface area contributed by atoms with Crippen LogP contribution in [0.25, 0.3) is 0 Å². The molecule has 116 valence electrons. The minimum absolute atomic E-state index is 0.0753. The monoisotopic (exact) mass is 291 g/mol. The Morgan fingerprint density at radius 3 is 2.19 bits per heavy atom. The molecular formula is C17H25NO3. The van der Waals surface area contributed by atoms with Gasteiger partial charge in [0.2, 0.25) is 0 Å². The van der Waals surface area contributed by atoms with Crippen LogP contribution in [0.15, 0.2) is 24.3 Å². The lowest BCUT2D eigenvalue weighted by Gasteiger charge is -2.19. The van der Waals surface area contributed by atoms with Crippen molar-refractivity contribution in [2.75, 3.05) is 6.54 Å². The molecule has 0 saturated carbocycles. The molecule has 0 unspecified atom stereocenters. The van der Waals surface area contributed by atoms with Crippen molar-refractivity contribution in [3.8, 4) is 0 Å². The fourth-order valence-corrected chi connectivity index (χ4v) is 2.00. The first-order valence-electron chi connectivity index (χ1n) is 7.41. The van der Waals surface area contributed by atoms with Gasteiger partial charge in [-0.25, -0.2) is 0 Å². The highest BCUT2D eigenvalue weighted by Gasteiger charge is 2.14. The summed E-state index contributed by atoms with van der Waals surface area (Å²) in [4.78, 5) is 22.3. The summed E-state index contributed by atoms with van der Waals surface area (Å²) in [7, 11) is 0. The number of rotatable bonds is 7. The number of carboxylic acid groups (broad SMARTS) is 1. The van der Waals surface area contributed by atoms with E-state index in [9.17, 15) is 9.59 Å². The zero-order chi connectivity index (χ0) is 15.9. The third-order valence-corrected chi connectivity index (χ3v) is 3.37. The fourth-order valence-electron chi connectivity index (χ4n) is 2.00. The molecule has 0 aliphatic heterocycles. The molecule has 0 aliphatic carbocycles. The number of carbonyl (C=O) groups is 2. The highest BCUT2D eigenvalue weighted by atomic mass is 16.4. The summed E-state index contributed by atoms with van der Waals surface area (Å²) < 4.78 is 0. The number of hydrogen-bond acceptors (Lipinski definition) is 2. The smallest absolute Gasteiger partial charge is 0.303 e. The van der Waals surface area contributed by atoms with Crippen molar-refractivity contribution in [2.45, 2.75) is 51.9 Å². The van der Waals surface area contributed by atoms with Gasteiger partial charge in [0.05, 0.1) is 0 Å². The molecule has 0 radical (unpaired) electrons. The Labute approximate surface area is 126 Å². The maximum absolute atomic E-state index is 11.9. The first-order chi connectivity index (χ1) is 9.80. The highest BCUT2D eigenvalue weighted by molar-refractivity contribution is 5.94. The van der Waals surface area contributed by atoms with E-state index >= 15 is 0 Å². The Bertz CT molecular complexity index is 472. The minimum Gasteiger partial charge on any atom is -0.481 e. The topological polar surface area (TPSA) is 66.4 Å². The van der Waals surface area contributed by atoms with Gasteiger partial charge in [0.25, 0.3) is 5.91 Å². The van der Waals surface area contributed by atoms with E-state index in [1.807, 2.05) is 24.3 Å². The number of carboxylic acids is 1. The number of hydrogen-bond donors (Lipinski definition) is 2. The van der Waals surface area contributed by atoms with Crippen LogP contribution in [0.3, 0.4) is 0 Å². The molecular weight excluding hydrogens is 266 g/mol. The van der Waals surface area contributed by atoms with E-state index in [-0.39, 0.29) is 17.7 Å². The van der Waals surface area contributed by atoms with Crippen LogP contribution in [0, 0.1) is 0 Å². The van der Waals surface area contributed by atoms with Crippen LogP contribution in [0.2, 0.25) is 0 Å². The third-order valence-electron chi connectivity index (χ3n) is 3.37. The summed E-state index contributed by atoms with van der Waals surface area (Å²) in [5, 5.41) is 11.4. The van der Waals surface area contributed by atoms with Crippen molar-refractivity contribution in [3.63, 3.8) is 0 Å². The molecule has 2 N–H and O–H groups in total. The molecule has 0 fully saturated rings. The maximum atomic E-state index is 11.9. The van der Waals surface area contributed by atoms with Crippen LogP contribution in [-0.2, 0) is 10.2 Å². The number of aliphatic carboxylic acids is 1. The van der Waals surface area contributed by atoms with Gasteiger partial charge in [0, 0.05) is 18.5 Å². The van der Waals surface area contributed by atoms with Gasteiger partial charge in [-0.2, -0.15) is 0 Å². The second-order valence-electron chi connectivity index (χ2n) is 6.29. The molecule has 21 heavy (non-hydrogen) atoms. The molecule has 4 heteroatoms. The number of amides is 1. The molecule has 1 aromatic carbocycles. The molecule has 0 saturated heterocycles. The van der Waals surface area contributed by atoms with E-state index in [2.05, 4.69) is 26.1 Å². The van der Waals surface area contributed by atoms with Crippen molar-refractivity contribution in [3.05, 3.63) is 35.4 Å². The second-order valence-corrected chi connectivity index (χ2v) is 6.29. The van der Waals surface area contributed by atoms with E-state index in [1.165, 1.54) is 5.56 Å². The van der Waals surface area contributed by atoms with Gasteiger partial charge in [-0.3, -0.25) is 9.59 Å². The zero-order valence-electron chi connectivity index (χ0n) is 13.1. The zero-order valence-corrected chi connectivity index (χ0v) is 13.1. The fraction of sp³-hybridized carbons (Fsp3) is 0.529. The first kappa shape index (κ1) is 17.2. The Morgan fingerprint density at radius 1 is 1.05 bits per heavy atom. The van der Waals surface area contributed by atoms with Crippen LogP contribution < -0.4 is 5.32 Å². The molecule has 0 bridgehead atoms. The number of unbranched alkanes of at least 4 members (excludes halogenated alkanes) is 2. The molecule has 1 amide bonds. The van der Waals surface area contributed by atoms with Gasteiger partial charge in [-0.05, 0) is 36.0 Å². The minimum atomic E-state index is -0.766. The average Bonchev–Trinajstić information content (AvgIpc) is 2.41. The van der Waals surface area contributed by atoms with Crippen molar-refractivity contribution >= 4 is 11.9 Å². The Hall–Kier alpha value is -1.84. The van der Waals surface area contributed by atoms with Crippen LogP contribution in [0.5, 0.6) is 0 Å². The highest BCUT2D eigenvalue weighted by Crippen LogP contribution is 2.22. The average molecular weight is 291 g/mol. The van der Waals surface area contributed by atoms with Gasteiger partial charge in [0.1, 0.15) is 0 Å². The molecule has 1 aromatic rings. The van der Waals surface area contributed by atoms with Crippen molar-refractivity contribution < 1.29 is 14.7 Å². The predicted octanol–water partition coefficient (Wildman–Crippen LogP) is 3.36. The number of nitrogens with one attached hydrogen (secondary N) is 1. The van der Waals surface area contributed by atoms with Gasteiger partial charge in [-0.15, -0.1) is 0 Å². The summed E-state index contributed by atoms with van der Waals surface area (Å²) in [5.74, 6) is -0.841. The van der Waals surface area contributed by atoms with Gasteiger partial charge < -0.3 is 10.4 Å². The number of benzene rings is 1. The normalized spacial score (nSPS) is 11.2. The van der Waals surface area contributed by atoms with E-state index in [0.717, 1.165) is 12.8 Å². The van der Waals surface area contributed by atoms with Crippen molar-refractivity contribution in [1.82, 2.24) is 5.32 Å². The summed E-state index contributed by atoms with van der Waals surface area (Å²) in [6.07, 6.45) is 2.47.